The largest absolute Gasteiger partial charge is 0.394 e. The fourth-order valence-corrected chi connectivity index (χ4v) is 2.41. The molecule has 4 N–H and O–H groups in total. The molecule has 9 heteroatoms. The van der Waals surface area contributed by atoms with E-state index in [-0.39, 0.29) is 12.4 Å². The Bertz CT molecular complexity index is 522. The number of rotatable bonds is 3. The van der Waals surface area contributed by atoms with E-state index in [0.29, 0.717) is 3.57 Å². The molecular formula is C10H14IN3O5. The molecule has 1 saturated heterocycles. The van der Waals surface area contributed by atoms with E-state index in [2.05, 4.69) is 4.98 Å². The molecule has 0 bridgehead atoms. The summed E-state index contributed by atoms with van der Waals surface area (Å²) in [7, 11) is 1.39. The van der Waals surface area contributed by atoms with E-state index in [1.54, 1.807) is 0 Å². The molecule has 1 aromatic heterocycles. The monoisotopic (exact) mass is 383 g/mol. The average Bonchev–Trinajstić information content (AvgIpc) is 2.70. The lowest BCUT2D eigenvalue weighted by Crippen LogP contribution is -2.37. The van der Waals surface area contributed by atoms with E-state index in [0.717, 1.165) is 0 Å². The van der Waals surface area contributed by atoms with Gasteiger partial charge >= 0.3 is 5.69 Å². The number of nitrogens with two attached hydrogens (primary N) is 1. The van der Waals surface area contributed by atoms with Gasteiger partial charge in [-0.3, -0.25) is 4.57 Å². The Morgan fingerprint density at radius 2 is 2.37 bits per heavy atom. The predicted octanol–water partition coefficient (Wildman–Crippen LogP) is -1.30. The fourth-order valence-electron chi connectivity index (χ4n) is 1.99. The normalized spacial score (nSPS) is 30.7. The zero-order valence-electron chi connectivity index (χ0n) is 10.1. The Balaban J connectivity index is 2.41. The summed E-state index contributed by atoms with van der Waals surface area (Å²) >= 11 is 1.94. The molecule has 1 aliphatic heterocycles. The second-order valence-electron chi connectivity index (χ2n) is 4.10. The van der Waals surface area contributed by atoms with Crippen LogP contribution in [0.3, 0.4) is 0 Å². The van der Waals surface area contributed by atoms with Gasteiger partial charge in [0.05, 0.1) is 10.2 Å². The molecule has 0 amide bonds. The number of aliphatic hydroxyl groups excluding tert-OH is 2. The molecule has 0 aliphatic carbocycles. The summed E-state index contributed by atoms with van der Waals surface area (Å²) in [5.41, 5.74) is 4.94. The lowest BCUT2D eigenvalue weighted by Gasteiger charge is -2.20. The Morgan fingerprint density at radius 1 is 1.68 bits per heavy atom. The van der Waals surface area contributed by atoms with Crippen molar-refractivity contribution in [3.05, 3.63) is 20.3 Å². The molecule has 8 nitrogen and oxygen atoms in total. The molecule has 19 heavy (non-hydrogen) atoms. The molecule has 0 spiro atoms. The number of ether oxygens (including phenoxy) is 2. The minimum Gasteiger partial charge on any atom is -0.394 e. The molecule has 2 heterocycles. The van der Waals surface area contributed by atoms with Crippen molar-refractivity contribution in [1.82, 2.24) is 9.55 Å². The summed E-state index contributed by atoms with van der Waals surface area (Å²) in [6, 6.07) is 0. The predicted molar refractivity (Wildman–Crippen MR) is 73.4 cm³/mol. The Hall–Kier alpha value is -0.750. The van der Waals surface area contributed by atoms with Crippen LogP contribution in [0.5, 0.6) is 0 Å². The molecular weight excluding hydrogens is 369 g/mol. The summed E-state index contributed by atoms with van der Waals surface area (Å²) in [4.78, 5) is 15.5. The summed E-state index contributed by atoms with van der Waals surface area (Å²) in [6.45, 7) is -0.369. The topological polar surface area (TPSA) is 120 Å². The van der Waals surface area contributed by atoms with E-state index < -0.39 is 30.2 Å². The highest BCUT2D eigenvalue weighted by molar-refractivity contribution is 14.1. The van der Waals surface area contributed by atoms with Crippen molar-refractivity contribution >= 4 is 28.4 Å². The third kappa shape index (κ3) is 2.60. The second-order valence-corrected chi connectivity index (χ2v) is 5.26. The maximum atomic E-state index is 11.8. The van der Waals surface area contributed by atoms with Crippen LogP contribution in [0.15, 0.2) is 11.0 Å². The van der Waals surface area contributed by atoms with Gasteiger partial charge in [0.25, 0.3) is 0 Å². The van der Waals surface area contributed by atoms with E-state index >= 15 is 0 Å². The van der Waals surface area contributed by atoms with Gasteiger partial charge in [0.15, 0.2) is 6.23 Å². The number of nitrogen functional groups attached to an aromatic ring is 1. The summed E-state index contributed by atoms with van der Waals surface area (Å²) in [5, 5.41) is 19.0. The van der Waals surface area contributed by atoms with Gasteiger partial charge < -0.3 is 25.4 Å². The van der Waals surface area contributed by atoms with E-state index in [4.69, 9.17) is 20.3 Å². The van der Waals surface area contributed by atoms with Crippen LogP contribution in [-0.2, 0) is 9.47 Å². The molecule has 1 fully saturated rings. The SMILES string of the molecule is CO[C@H]1C(O)[C@@H](CO)O[C@H]1n1cc(I)c(N)nc1=O. The zero-order chi connectivity index (χ0) is 14.2. The Kier molecular flexibility index (Phi) is 4.40. The number of halogens is 1. The summed E-state index contributed by atoms with van der Waals surface area (Å²) in [5.74, 6) is 0.132. The molecule has 1 aromatic rings. The lowest BCUT2D eigenvalue weighted by atomic mass is 10.1. The van der Waals surface area contributed by atoms with Gasteiger partial charge in [0.1, 0.15) is 24.1 Å². The molecule has 1 unspecified atom stereocenters. The van der Waals surface area contributed by atoms with Crippen molar-refractivity contribution in [3.8, 4) is 0 Å². The minimum atomic E-state index is -1.03. The van der Waals surface area contributed by atoms with E-state index in [1.165, 1.54) is 17.9 Å². The van der Waals surface area contributed by atoms with Crippen LogP contribution in [0.2, 0.25) is 0 Å². The smallest absolute Gasteiger partial charge is 0.351 e. The third-order valence-corrected chi connectivity index (χ3v) is 3.80. The highest BCUT2D eigenvalue weighted by atomic mass is 127. The standard InChI is InChI=1S/C10H14IN3O5/c1-18-7-6(16)5(3-15)19-9(7)14-2-4(11)8(12)13-10(14)17/h2,5-7,9,15-16H,3H2,1H3,(H2,12,13,17)/t5-,6?,7+,9-/m1/s1. The van der Waals surface area contributed by atoms with E-state index in [9.17, 15) is 9.90 Å². The van der Waals surface area contributed by atoms with Crippen molar-refractivity contribution in [2.45, 2.75) is 24.5 Å². The van der Waals surface area contributed by atoms with Crippen molar-refractivity contribution in [1.29, 1.82) is 0 Å². The van der Waals surface area contributed by atoms with Crippen LogP contribution in [0.1, 0.15) is 6.23 Å². The van der Waals surface area contributed by atoms with Gasteiger partial charge in [-0.2, -0.15) is 4.98 Å². The molecule has 4 atom stereocenters. The van der Waals surface area contributed by atoms with Gasteiger partial charge in [-0.15, -0.1) is 0 Å². The molecule has 2 rings (SSSR count). The lowest BCUT2D eigenvalue weighted by molar-refractivity contribution is -0.0625. The number of anilines is 1. The maximum absolute atomic E-state index is 11.8. The van der Waals surface area contributed by atoms with Crippen molar-refractivity contribution in [2.24, 2.45) is 0 Å². The highest BCUT2D eigenvalue weighted by Gasteiger charge is 2.45. The molecule has 1 aliphatic rings. The summed E-state index contributed by atoms with van der Waals surface area (Å²) < 4.78 is 12.4. The van der Waals surface area contributed by atoms with Crippen LogP contribution in [0.25, 0.3) is 0 Å². The number of nitrogens with zero attached hydrogens (tertiary/aromatic N) is 2. The third-order valence-electron chi connectivity index (χ3n) is 2.97. The molecule has 106 valence electrons. The first kappa shape index (κ1) is 14.7. The quantitative estimate of drug-likeness (QED) is 0.555. The van der Waals surface area contributed by atoms with Crippen LogP contribution >= 0.6 is 22.6 Å². The van der Waals surface area contributed by atoms with Crippen LogP contribution in [-0.4, -0.2) is 51.8 Å². The average molecular weight is 383 g/mol. The van der Waals surface area contributed by atoms with Crippen LogP contribution < -0.4 is 11.4 Å². The number of aromatic nitrogens is 2. The van der Waals surface area contributed by atoms with Crippen LogP contribution in [0, 0.1) is 3.57 Å². The van der Waals surface area contributed by atoms with Crippen molar-refractivity contribution < 1.29 is 19.7 Å². The number of hydrogen-bond acceptors (Lipinski definition) is 7. The Labute approximate surface area is 122 Å². The van der Waals surface area contributed by atoms with E-state index in [1.807, 2.05) is 22.6 Å². The van der Waals surface area contributed by atoms with Crippen molar-refractivity contribution in [3.63, 3.8) is 0 Å². The van der Waals surface area contributed by atoms with Gasteiger partial charge in [0, 0.05) is 13.3 Å². The second kappa shape index (κ2) is 5.71. The Morgan fingerprint density at radius 3 is 2.95 bits per heavy atom. The van der Waals surface area contributed by atoms with Gasteiger partial charge in [-0.25, -0.2) is 4.79 Å². The number of methoxy groups -OCH3 is 1. The van der Waals surface area contributed by atoms with Crippen LogP contribution in [0.4, 0.5) is 5.82 Å². The number of hydrogen-bond donors (Lipinski definition) is 3. The molecule has 0 aromatic carbocycles. The molecule has 0 radical (unpaired) electrons. The first-order valence-electron chi connectivity index (χ1n) is 5.51. The first-order chi connectivity index (χ1) is 8.99. The summed E-state index contributed by atoms with van der Waals surface area (Å²) in [6.07, 6.45) is -1.98. The number of aliphatic hydroxyl groups is 2. The zero-order valence-corrected chi connectivity index (χ0v) is 12.2. The maximum Gasteiger partial charge on any atom is 0.351 e. The molecule has 0 saturated carbocycles. The van der Waals surface area contributed by atoms with Gasteiger partial charge in [-0.05, 0) is 22.6 Å². The van der Waals surface area contributed by atoms with Gasteiger partial charge in [0.2, 0.25) is 0 Å². The highest BCUT2D eigenvalue weighted by Crippen LogP contribution is 2.30. The van der Waals surface area contributed by atoms with Crippen molar-refractivity contribution in [2.75, 3.05) is 19.5 Å². The van der Waals surface area contributed by atoms with Gasteiger partial charge in [-0.1, -0.05) is 0 Å². The fraction of sp³-hybridized carbons (Fsp3) is 0.600. The minimum absolute atomic E-state index is 0.132. The first-order valence-corrected chi connectivity index (χ1v) is 6.58.